The van der Waals surface area contributed by atoms with Gasteiger partial charge in [0.25, 0.3) is 0 Å². The largest absolute Gasteiger partial charge is 0.462 e. The number of aryl methyl sites for hydroxylation is 1. The maximum atomic E-state index is 12.4. The number of hydrogen-bond acceptors (Lipinski definition) is 9. The third-order valence-electron chi connectivity index (χ3n) is 3.66. The van der Waals surface area contributed by atoms with Crippen LogP contribution in [0.4, 0.5) is 5.13 Å². The molecule has 0 unspecified atom stereocenters. The number of nitrogens with one attached hydrogen (secondary N) is 1. The average Bonchev–Trinajstić information content (AvgIpc) is 3.39. The van der Waals surface area contributed by atoms with Crippen molar-refractivity contribution >= 4 is 56.0 Å². The van der Waals surface area contributed by atoms with Crippen LogP contribution >= 0.6 is 39.0 Å². The Bertz CT molecular complexity index is 1070. The van der Waals surface area contributed by atoms with Gasteiger partial charge in [0.2, 0.25) is 11.7 Å². The fraction of sp³-hybridized carbons (Fsp3) is 0.278. The van der Waals surface area contributed by atoms with E-state index >= 15 is 0 Å². The Morgan fingerprint density at radius 2 is 2.23 bits per heavy atom. The quantitative estimate of drug-likeness (QED) is 0.259. The molecule has 0 saturated carbocycles. The van der Waals surface area contributed by atoms with Crippen molar-refractivity contribution in [2.24, 2.45) is 0 Å². The minimum absolute atomic E-state index is 0.0878. The van der Waals surface area contributed by atoms with Crippen molar-refractivity contribution in [3.63, 3.8) is 0 Å². The topological polar surface area (TPSA) is 112 Å². The highest BCUT2D eigenvalue weighted by Gasteiger charge is 2.19. The lowest BCUT2D eigenvalue weighted by Crippen LogP contribution is -2.14. The number of halogens is 1. The first kappa shape index (κ1) is 22.2. The molecule has 0 aromatic carbocycles. The summed E-state index contributed by atoms with van der Waals surface area (Å²) in [6.45, 7) is 7.91. The van der Waals surface area contributed by atoms with E-state index < -0.39 is 5.97 Å². The van der Waals surface area contributed by atoms with Crippen LogP contribution in [0.25, 0.3) is 11.6 Å². The van der Waals surface area contributed by atoms with Gasteiger partial charge in [-0.1, -0.05) is 29.2 Å². The van der Waals surface area contributed by atoms with Crippen molar-refractivity contribution in [1.29, 1.82) is 0 Å². The number of anilines is 1. The molecule has 0 atom stereocenters. The molecule has 0 aliphatic rings. The van der Waals surface area contributed by atoms with Gasteiger partial charge >= 0.3 is 5.97 Å². The van der Waals surface area contributed by atoms with E-state index in [0.29, 0.717) is 43.7 Å². The maximum Gasteiger partial charge on any atom is 0.350 e. The van der Waals surface area contributed by atoms with Gasteiger partial charge in [-0.05, 0) is 41.9 Å². The second kappa shape index (κ2) is 10.0. The zero-order chi connectivity index (χ0) is 21.7. The molecule has 1 N–H and O–H groups in total. The number of allylic oxidation sites excluding steroid dienone is 1. The molecule has 3 heterocycles. The first-order chi connectivity index (χ1) is 14.4. The molecule has 12 heteroatoms. The highest BCUT2D eigenvalue weighted by molar-refractivity contribution is 9.10. The summed E-state index contributed by atoms with van der Waals surface area (Å²) < 4.78 is 12.9. The Kier molecular flexibility index (Phi) is 7.45. The number of hydrogen-bond donors (Lipinski definition) is 1. The first-order valence-electron chi connectivity index (χ1n) is 8.80. The van der Waals surface area contributed by atoms with Crippen LogP contribution in [-0.2, 0) is 16.1 Å². The molecule has 0 fully saturated rings. The van der Waals surface area contributed by atoms with E-state index in [0.717, 1.165) is 11.3 Å². The fourth-order valence-electron chi connectivity index (χ4n) is 2.43. The second-order valence-electron chi connectivity index (χ2n) is 5.80. The summed E-state index contributed by atoms with van der Waals surface area (Å²) in [5, 5.41) is 11.9. The molecule has 0 bridgehead atoms. The van der Waals surface area contributed by atoms with Gasteiger partial charge in [-0.15, -0.1) is 16.8 Å². The summed E-state index contributed by atoms with van der Waals surface area (Å²) in [6.07, 6.45) is 1.71. The zero-order valence-electron chi connectivity index (χ0n) is 16.2. The van der Waals surface area contributed by atoms with E-state index in [1.54, 1.807) is 32.1 Å². The van der Waals surface area contributed by atoms with Crippen LogP contribution in [-0.4, -0.2) is 44.0 Å². The summed E-state index contributed by atoms with van der Waals surface area (Å²) >= 11 is 5.57. The van der Waals surface area contributed by atoms with Gasteiger partial charge < -0.3 is 14.5 Å². The molecule has 1 amide bonds. The van der Waals surface area contributed by atoms with E-state index in [9.17, 15) is 9.59 Å². The van der Waals surface area contributed by atoms with Gasteiger partial charge in [-0.25, -0.2) is 9.78 Å². The number of amides is 1. The number of carbonyl (C=O) groups excluding carboxylic acids is 2. The normalized spacial score (nSPS) is 10.8. The Hall–Kier alpha value is -2.44. The minimum Gasteiger partial charge on any atom is -0.462 e. The lowest BCUT2D eigenvalue weighted by molar-refractivity contribution is -0.113. The smallest absolute Gasteiger partial charge is 0.350 e. The summed E-state index contributed by atoms with van der Waals surface area (Å²) in [5.41, 5.74) is 0.515. The third kappa shape index (κ3) is 5.18. The summed E-state index contributed by atoms with van der Waals surface area (Å²) in [6, 6.07) is 3.55. The van der Waals surface area contributed by atoms with E-state index in [1.807, 2.05) is 4.57 Å². The van der Waals surface area contributed by atoms with E-state index in [1.165, 1.54) is 11.8 Å². The number of ether oxygens (including phenoxy) is 1. The SMILES string of the molecule is C=CCn1c(SCC(=O)Nc2nc(C)c(C(=O)OCC)s2)nnc1-c1ccc(Br)o1. The molecule has 0 saturated heterocycles. The van der Waals surface area contributed by atoms with Crippen molar-refractivity contribution in [3.8, 4) is 11.6 Å². The van der Waals surface area contributed by atoms with E-state index in [-0.39, 0.29) is 18.3 Å². The monoisotopic (exact) mass is 511 g/mol. The van der Waals surface area contributed by atoms with Crippen LogP contribution in [0.3, 0.4) is 0 Å². The predicted octanol–water partition coefficient (Wildman–Crippen LogP) is 4.16. The first-order valence-corrected chi connectivity index (χ1v) is 11.4. The van der Waals surface area contributed by atoms with Crippen LogP contribution < -0.4 is 5.32 Å². The number of rotatable bonds is 9. The van der Waals surface area contributed by atoms with Crippen molar-refractivity contribution in [2.75, 3.05) is 17.7 Å². The molecule has 30 heavy (non-hydrogen) atoms. The van der Waals surface area contributed by atoms with Crippen LogP contribution in [0.15, 0.2) is 39.0 Å². The predicted molar refractivity (Wildman–Crippen MR) is 118 cm³/mol. The average molecular weight is 512 g/mol. The van der Waals surface area contributed by atoms with Gasteiger partial charge in [0.15, 0.2) is 20.7 Å². The number of esters is 1. The lowest BCUT2D eigenvalue weighted by atomic mass is 10.4. The molecule has 3 rings (SSSR count). The van der Waals surface area contributed by atoms with Crippen LogP contribution in [0.5, 0.6) is 0 Å². The third-order valence-corrected chi connectivity index (χ3v) is 6.10. The molecule has 158 valence electrons. The van der Waals surface area contributed by atoms with Crippen molar-refractivity contribution in [2.45, 2.75) is 25.5 Å². The van der Waals surface area contributed by atoms with E-state index in [4.69, 9.17) is 9.15 Å². The number of thiazole rings is 1. The Labute approximate surface area is 189 Å². The lowest BCUT2D eigenvalue weighted by Gasteiger charge is -2.06. The van der Waals surface area contributed by atoms with Crippen molar-refractivity contribution < 1.29 is 18.7 Å². The highest BCUT2D eigenvalue weighted by atomic mass is 79.9. The molecule has 9 nitrogen and oxygen atoms in total. The molecule has 3 aromatic heterocycles. The van der Waals surface area contributed by atoms with Crippen molar-refractivity contribution in [3.05, 3.63) is 40.0 Å². The molecular formula is C18H18BrN5O4S2. The summed E-state index contributed by atoms with van der Waals surface area (Å²) in [5.74, 6) is 0.455. The van der Waals surface area contributed by atoms with Gasteiger partial charge in [0, 0.05) is 6.54 Å². The standard InChI is InChI=1S/C18H18BrN5O4S2/c1-4-8-24-15(11-6-7-12(19)28-11)22-23-18(24)29-9-13(25)21-17-20-10(3)14(30-17)16(26)27-5-2/h4,6-7H,1,5,8-9H2,2-3H3,(H,20,21,25). The van der Waals surface area contributed by atoms with Crippen LogP contribution in [0, 0.1) is 6.92 Å². The van der Waals surface area contributed by atoms with Crippen molar-refractivity contribution in [1.82, 2.24) is 19.7 Å². The molecule has 0 radical (unpaired) electrons. The molecule has 0 spiro atoms. The van der Waals surface area contributed by atoms with Gasteiger partial charge in [-0.3, -0.25) is 9.36 Å². The molecule has 0 aliphatic carbocycles. The minimum atomic E-state index is -0.447. The number of nitrogens with zero attached hydrogens (tertiary/aromatic N) is 4. The zero-order valence-corrected chi connectivity index (χ0v) is 19.4. The Morgan fingerprint density at radius 3 is 2.90 bits per heavy atom. The highest BCUT2D eigenvalue weighted by Crippen LogP contribution is 2.28. The number of furan rings is 1. The molecule has 0 aliphatic heterocycles. The number of thioether (sulfide) groups is 1. The Morgan fingerprint density at radius 1 is 1.43 bits per heavy atom. The fourth-order valence-corrected chi connectivity index (χ4v) is 4.36. The number of carbonyl (C=O) groups is 2. The second-order valence-corrected chi connectivity index (χ2v) is 8.52. The summed E-state index contributed by atoms with van der Waals surface area (Å²) in [4.78, 5) is 28.8. The Balaban J connectivity index is 1.66. The van der Waals surface area contributed by atoms with Crippen LogP contribution in [0.2, 0.25) is 0 Å². The molecular weight excluding hydrogens is 494 g/mol. The summed E-state index contributed by atoms with van der Waals surface area (Å²) in [7, 11) is 0. The van der Waals surface area contributed by atoms with Gasteiger partial charge in [0.05, 0.1) is 18.1 Å². The maximum absolute atomic E-state index is 12.4. The van der Waals surface area contributed by atoms with Gasteiger partial charge in [-0.2, -0.15) is 0 Å². The van der Waals surface area contributed by atoms with Gasteiger partial charge in [0.1, 0.15) is 4.88 Å². The number of aromatic nitrogens is 4. The van der Waals surface area contributed by atoms with E-state index in [2.05, 4.69) is 43.0 Å². The van der Waals surface area contributed by atoms with Crippen LogP contribution in [0.1, 0.15) is 22.3 Å². The molecule has 3 aromatic rings.